The topological polar surface area (TPSA) is 89.0 Å². The van der Waals surface area contributed by atoms with Crippen LogP contribution in [0.25, 0.3) is 6.08 Å². The monoisotopic (exact) mass is 491 g/mol. The van der Waals surface area contributed by atoms with Crippen molar-refractivity contribution in [2.75, 3.05) is 0 Å². The molecule has 34 heavy (non-hydrogen) atoms. The van der Waals surface area contributed by atoms with Gasteiger partial charge in [-0.3, -0.25) is 9.59 Å². The lowest BCUT2D eigenvalue weighted by Gasteiger charge is -2.35. The summed E-state index contributed by atoms with van der Waals surface area (Å²) in [5.41, 5.74) is 0.711. The number of carbonyl (C=O) groups excluding carboxylic acids is 2. The minimum Gasteiger partial charge on any atom is -0.458 e. The third kappa shape index (κ3) is 6.55. The molecule has 1 aromatic rings. The average molecular weight is 492 g/mol. The molecule has 1 N–H and O–H groups in total. The summed E-state index contributed by atoms with van der Waals surface area (Å²) >= 11 is 1.58. The van der Waals surface area contributed by atoms with Gasteiger partial charge in [-0.25, -0.2) is 4.98 Å². The first-order valence-electron chi connectivity index (χ1n) is 12.6. The van der Waals surface area contributed by atoms with Crippen LogP contribution in [-0.4, -0.2) is 46.3 Å². The average Bonchev–Trinajstić information content (AvgIpc) is 3.38. The number of esters is 1. The van der Waals surface area contributed by atoms with Crippen LogP contribution < -0.4 is 0 Å². The van der Waals surface area contributed by atoms with Crippen LogP contribution >= 0.6 is 11.3 Å². The molecule has 7 atom stereocenters. The lowest BCUT2D eigenvalue weighted by Crippen LogP contribution is -2.44. The van der Waals surface area contributed by atoms with Crippen LogP contribution in [0.3, 0.4) is 0 Å². The number of epoxide rings is 1. The molecule has 0 aromatic carbocycles. The van der Waals surface area contributed by atoms with Crippen LogP contribution in [0.15, 0.2) is 11.0 Å². The first-order chi connectivity index (χ1) is 15.9. The van der Waals surface area contributed by atoms with Gasteiger partial charge in [0.25, 0.3) is 0 Å². The molecule has 3 heterocycles. The van der Waals surface area contributed by atoms with Crippen molar-refractivity contribution < 1.29 is 24.2 Å². The molecular weight excluding hydrogens is 450 g/mol. The number of cyclic esters (lactones) is 1. The Hall–Kier alpha value is -1.57. The largest absolute Gasteiger partial charge is 0.458 e. The predicted octanol–water partition coefficient (Wildman–Crippen LogP) is 5.36. The second kappa shape index (κ2) is 11.0. The minimum atomic E-state index is -1.11. The Morgan fingerprint density at radius 2 is 1.91 bits per heavy atom. The number of ether oxygens (including phenoxy) is 2. The molecule has 1 aromatic heterocycles. The number of nitrogens with zero attached hydrogens (tertiary/aromatic N) is 1. The summed E-state index contributed by atoms with van der Waals surface area (Å²) in [5, 5.41) is 13.9. The van der Waals surface area contributed by atoms with Crippen molar-refractivity contribution in [3.63, 3.8) is 0 Å². The van der Waals surface area contributed by atoms with Gasteiger partial charge in [0.05, 0.1) is 40.8 Å². The molecule has 0 aliphatic carbocycles. The Morgan fingerprint density at radius 3 is 2.56 bits per heavy atom. The molecule has 2 saturated heterocycles. The van der Waals surface area contributed by atoms with Crippen LogP contribution in [0.2, 0.25) is 0 Å². The van der Waals surface area contributed by atoms with Gasteiger partial charge in [0, 0.05) is 17.7 Å². The van der Waals surface area contributed by atoms with Crippen LogP contribution in [0.5, 0.6) is 0 Å². The molecule has 2 aliphatic rings. The van der Waals surface area contributed by atoms with Gasteiger partial charge in [0.15, 0.2) is 0 Å². The zero-order chi connectivity index (χ0) is 25.2. The quantitative estimate of drug-likeness (QED) is 0.442. The molecule has 0 saturated carbocycles. The highest BCUT2D eigenvalue weighted by Crippen LogP contribution is 2.37. The maximum atomic E-state index is 13.3. The van der Waals surface area contributed by atoms with E-state index in [0.29, 0.717) is 12.3 Å². The van der Waals surface area contributed by atoms with Gasteiger partial charge in [-0.2, -0.15) is 0 Å². The number of hydrogen-bond acceptors (Lipinski definition) is 7. The van der Waals surface area contributed by atoms with Gasteiger partial charge in [-0.1, -0.05) is 47.5 Å². The van der Waals surface area contributed by atoms with Crippen LogP contribution in [0, 0.1) is 30.1 Å². The number of aromatic nitrogens is 1. The predicted molar refractivity (Wildman–Crippen MR) is 134 cm³/mol. The molecule has 2 aliphatic heterocycles. The fourth-order valence-electron chi connectivity index (χ4n) is 4.96. The maximum Gasteiger partial charge on any atom is 0.309 e. The summed E-state index contributed by atoms with van der Waals surface area (Å²) in [6, 6.07) is 0. The van der Waals surface area contributed by atoms with Crippen LogP contribution in [-0.2, 0) is 19.1 Å². The van der Waals surface area contributed by atoms with Gasteiger partial charge < -0.3 is 14.6 Å². The van der Waals surface area contributed by atoms with E-state index in [0.717, 1.165) is 35.5 Å². The highest BCUT2D eigenvalue weighted by atomic mass is 32.1. The van der Waals surface area contributed by atoms with Crippen molar-refractivity contribution in [3.05, 3.63) is 21.7 Å². The van der Waals surface area contributed by atoms with E-state index < -0.39 is 23.6 Å². The fourth-order valence-corrected chi connectivity index (χ4v) is 5.53. The molecule has 0 spiro atoms. The van der Waals surface area contributed by atoms with E-state index in [2.05, 4.69) is 18.8 Å². The number of hydrogen-bond donors (Lipinski definition) is 1. The number of aliphatic hydroxyl groups is 1. The number of aliphatic hydroxyl groups excluding tert-OH is 1. The number of Topliss-reactive ketones (excluding diaryl/α,β-unsaturated/α-hetero) is 1. The van der Waals surface area contributed by atoms with E-state index >= 15 is 0 Å². The number of thiazole rings is 1. The lowest BCUT2D eigenvalue weighted by atomic mass is 9.70. The molecular formula is C27H41NO5S. The Kier molecular flexibility index (Phi) is 8.75. The van der Waals surface area contributed by atoms with E-state index in [1.807, 2.05) is 32.2 Å². The molecule has 190 valence electrons. The highest BCUT2D eigenvalue weighted by Gasteiger charge is 2.44. The minimum absolute atomic E-state index is 0.00337. The maximum absolute atomic E-state index is 13.3. The molecule has 0 radical (unpaired) electrons. The Balaban J connectivity index is 1.81. The molecule has 3 unspecified atom stereocenters. The second-order valence-electron chi connectivity index (χ2n) is 11.0. The van der Waals surface area contributed by atoms with Gasteiger partial charge in [0.1, 0.15) is 11.9 Å². The van der Waals surface area contributed by atoms with Crippen molar-refractivity contribution in [1.82, 2.24) is 4.98 Å². The van der Waals surface area contributed by atoms with E-state index in [1.54, 1.807) is 25.2 Å². The third-order valence-corrected chi connectivity index (χ3v) is 8.80. The van der Waals surface area contributed by atoms with Crippen molar-refractivity contribution in [3.8, 4) is 0 Å². The van der Waals surface area contributed by atoms with Crippen molar-refractivity contribution in [1.29, 1.82) is 0 Å². The standard InChI is InChI=1S/C27H41NO5S/c1-15-9-8-10-21-23(32-21)12-22(16(2)11-20-14-34-19(5)28-20)33-25(30)13-24(29)27(6,7)26(31)18(4)17(15)3/h11,14-15,17-18,21-24,29H,8-10,12-13H2,1-7H3/b16-11+/t15-,17-,18+,21?,22?,23?,24-/m0/s1. The summed E-state index contributed by atoms with van der Waals surface area (Å²) in [5.74, 6) is -0.119. The molecule has 2 fully saturated rings. The van der Waals surface area contributed by atoms with Crippen LogP contribution in [0.1, 0.15) is 84.3 Å². The number of fused-ring (bicyclic) bond motifs is 1. The first kappa shape index (κ1) is 27.0. The van der Waals surface area contributed by atoms with Gasteiger partial charge >= 0.3 is 5.97 Å². The zero-order valence-electron chi connectivity index (χ0n) is 21.7. The first-order valence-corrected chi connectivity index (χ1v) is 13.5. The van der Waals surface area contributed by atoms with Crippen LogP contribution in [0.4, 0.5) is 0 Å². The van der Waals surface area contributed by atoms with E-state index in [9.17, 15) is 14.7 Å². The number of rotatable bonds is 2. The third-order valence-electron chi connectivity index (χ3n) is 8.00. The fraction of sp³-hybridized carbons (Fsp3) is 0.741. The van der Waals surface area contributed by atoms with Gasteiger partial charge in [0.2, 0.25) is 0 Å². The molecule has 0 amide bonds. The van der Waals surface area contributed by atoms with Crippen molar-refractivity contribution in [2.45, 2.75) is 105 Å². The van der Waals surface area contributed by atoms with Crippen molar-refractivity contribution >= 4 is 29.2 Å². The smallest absolute Gasteiger partial charge is 0.309 e. The number of carbonyl (C=O) groups is 2. The van der Waals surface area contributed by atoms with Crippen molar-refractivity contribution in [2.24, 2.45) is 23.2 Å². The zero-order valence-corrected chi connectivity index (χ0v) is 22.5. The molecule has 0 bridgehead atoms. The highest BCUT2D eigenvalue weighted by molar-refractivity contribution is 7.09. The van der Waals surface area contributed by atoms with Gasteiger partial charge in [-0.05, 0) is 43.8 Å². The Bertz CT molecular complexity index is 907. The van der Waals surface area contributed by atoms with E-state index in [1.165, 1.54) is 0 Å². The summed E-state index contributed by atoms with van der Waals surface area (Å²) in [6.07, 6.45) is 4.06. The number of aryl methyl sites for hydroxylation is 1. The summed E-state index contributed by atoms with van der Waals surface area (Å²) < 4.78 is 11.8. The summed E-state index contributed by atoms with van der Waals surface area (Å²) in [4.78, 5) is 30.7. The molecule has 3 rings (SSSR count). The van der Waals surface area contributed by atoms with E-state index in [4.69, 9.17) is 9.47 Å². The normalized spacial score (nSPS) is 36.0. The second-order valence-corrected chi connectivity index (χ2v) is 12.0. The Morgan fingerprint density at radius 1 is 1.21 bits per heavy atom. The summed E-state index contributed by atoms with van der Waals surface area (Å²) in [7, 11) is 0. The van der Waals surface area contributed by atoms with Gasteiger partial charge in [-0.15, -0.1) is 11.3 Å². The summed E-state index contributed by atoms with van der Waals surface area (Å²) in [6.45, 7) is 13.6. The Labute approximate surface area is 208 Å². The SMILES string of the molecule is C/C(=C\c1csc(C)n1)C1CC2OC2CCC[C@H](C)[C@H](C)[C@@H](C)C(=O)C(C)(C)[C@@H](O)CC(=O)O1. The lowest BCUT2D eigenvalue weighted by molar-refractivity contribution is -0.154. The number of ketones is 1. The molecule has 6 nitrogen and oxygen atoms in total. The molecule has 7 heteroatoms. The van der Waals surface area contributed by atoms with E-state index in [-0.39, 0.29) is 36.2 Å².